The zero-order chi connectivity index (χ0) is 16.4. The van der Waals surface area contributed by atoms with Crippen LogP contribution in [0.4, 0.5) is 0 Å². The third-order valence-corrected chi connectivity index (χ3v) is 6.65. The summed E-state index contributed by atoms with van der Waals surface area (Å²) in [5, 5.41) is 0. The van der Waals surface area contributed by atoms with Gasteiger partial charge in [0.2, 0.25) is 10.0 Å². The number of nitrogens with zero attached hydrogens (tertiary/aromatic N) is 2. The topological polar surface area (TPSA) is 40.6 Å². The summed E-state index contributed by atoms with van der Waals surface area (Å²) >= 11 is 3.34. The van der Waals surface area contributed by atoms with Gasteiger partial charge < -0.3 is 0 Å². The Kier molecular flexibility index (Phi) is 4.87. The maximum Gasteiger partial charge on any atom is 0.243 e. The standard InChI is InChI=1S/C17H19BrN2O2S/c1-19-11-12-20(13-17(19)14-5-3-2-4-6-14)23(21,22)16-9-7-15(18)8-10-16/h2-10,17H,11-13H2,1H3. The molecule has 23 heavy (non-hydrogen) atoms. The Morgan fingerprint density at radius 1 is 1.00 bits per heavy atom. The fourth-order valence-corrected chi connectivity index (χ4v) is 4.56. The molecule has 1 heterocycles. The Labute approximate surface area is 145 Å². The number of hydrogen-bond acceptors (Lipinski definition) is 3. The van der Waals surface area contributed by atoms with E-state index in [0.29, 0.717) is 18.0 Å². The molecular formula is C17H19BrN2O2S. The van der Waals surface area contributed by atoms with Crippen molar-refractivity contribution in [1.82, 2.24) is 9.21 Å². The SMILES string of the molecule is CN1CCN(S(=O)(=O)c2ccc(Br)cc2)CC1c1ccccc1. The minimum atomic E-state index is -3.46. The molecule has 2 aromatic rings. The highest BCUT2D eigenvalue weighted by Gasteiger charge is 2.33. The van der Waals surface area contributed by atoms with E-state index in [-0.39, 0.29) is 6.04 Å². The fraction of sp³-hybridized carbons (Fsp3) is 0.294. The van der Waals surface area contributed by atoms with E-state index in [0.717, 1.165) is 16.6 Å². The molecule has 4 nitrogen and oxygen atoms in total. The van der Waals surface area contributed by atoms with Gasteiger partial charge in [-0.05, 0) is 36.9 Å². The van der Waals surface area contributed by atoms with Crippen molar-refractivity contribution in [2.75, 3.05) is 26.7 Å². The molecule has 0 radical (unpaired) electrons. The number of likely N-dealkylation sites (N-methyl/N-ethyl adjacent to an activating group) is 1. The Hall–Kier alpha value is -1.21. The van der Waals surface area contributed by atoms with Crippen molar-refractivity contribution in [1.29, 1.82) is 0 Å². The quantitative estimate of drug-likeness (QED) is 0.802. The monoisotopic (exact) mass is 394 g/mol. The number of sulfonamides is 1. The summed E-state index contributed by atoms with van der Waals surface area (Å²) in [5.74, 6) is 0. The largest absolute Gasteiger partial charge is 0.297 e. The van der Waals surface area contributed by atoms with Crippen molar-refractivity contribution in [3.63, 3.8) is 0 Å². The first-order valence-electron chi connectivity index (χ1n) is 7.49. The van der Waals surface area contributed by atoms with Gasteiger partial charge in [0.15, 0.2) is 0 Å². The first-order chi connectivity index (χ1) is 11.0. The van der Waals surface area contributed by atoms with Crippen LogP contribution in [-0.2, 0) is 10.0 Å². The molecule has 3 rings (SSSR count). The molecule has 1 saturated heterocycles. The van der Waals surface area contributed by atoms with Gasteiger partial charge in [0.1, 0.15) is 0 Å². The average Bonchev–Trinajstić information content (AvgIpc) is 2.56. The Morgan fingerprint density at radius 3 is 2.30 bits per heavy atom. The van der Waals surface area contributed by atoms with Gasteiger partial charge in [0.25, 0.3) is 0 Å². The molecule has 6 heteroatoms. The molecule has 0 aliphatic carbocycles. The Morgan fingerprint density at radius 2 is 1.65 bits per heavy atom. The van der Waals surface area contributed by atoms with Crippen LogP contribution in [0.1, 0.15) is 11.6 Å². The van der Waals surface area contributed by atoms with Gasteiger partial charge in [0.05, 0.1) is 4.90 Å². The third-order valence-electron chi connectivity index (χ3n) is 4.25. The lowest BCUT2D eigenvalue weighted by Gasteiger charge is -2.39. The third kappa shape index (κ3) is 3.50. The summed E-state index contributed by atoms with van der Waals surface area (Å²) in [4.78, 5) is 2.56. The molecule has 2 aromatic carbocycles. The molecule has 0 aromatic heterocycles. The van der Waals surface area contributed by atoms with E-state index >= 15 is 0 Å². The maximum absolute atomic E-state index is 12.9. The van der Waals surface area contributed by atoms with Crippen molar-refractivity contribution in [2.24, 2.45) is 0 Å². The van der Waals surface area contributed by atoms with E-state index in [1.54, 1.807) is 28.6 Å². The van der Waals surface area contributed by atoms with Crippen LogP contribution in [-0.4, -0.2) is 44.3 Å². The second-order valence-corrected chi connectivity index (χ2v) is 8.58. The number of rotatable bonds is 3. The average molecular weight is 395 g/mol. The van der Waals surface area contributed by atoms with E-state index in [4.69, 9.17) is 0 Å². The zero-order valence-electron chi connectivity index (χ0n) is 12.9. The molecule has 0 saturated carbocycles. The smallest absolute Gasteiger partial charge is 0.243 e. The number of halogens is 1. The summed E-state index contributed by atoms with van der Waals surface area (Å²) in [6.45, 7) is 1.70. The summed E-state index contributed by atoms with van der Waals surface area (Å²) in [5.41, 5.74) is 1.14. The summed E-state index contributed by atoms with van der Waals surface area (Å²) in [7, 11) is -1.41. The van der Waals surface area contributed by atoms with Gasteiger partial charge in [0, 0.05) is 30.1 Å². The van der Waals surface area contributed by atoms with Crippen LogP contribution < -0.4 is 0 Å². The van der Waals surface area contributed by atoms with Crippen LogP contribution in [0.25, 0.3) is 0 Å². The van der Waals surface area contributed by atoms with Gasteiger partial charge in [-0.25, -0.2) is 8.42 Å². The predicted octanol–water partition coefficient (Wildman–Crippen LogP) is 3.13. The van der Waals surface area contributed by atoms with Crippen LogP contribution in [0.2, 0.25) is 0 Å². The van der Waals surface area contributed by atoms with Crippen molar-refractivity contribution >= 4 is 26.0 Å². The first-order valence-corrected chi connectivity index (χ1v) is 9.73. The second-order valence-electron chi connectivity index (χ2n) is 5.72. The summed E-state index contributed by atoms with van der Waals surface area (Å²) in [6, 6.07) is 17.0. The minimum Gasteiger partial charge on any atom is -0.297 e. The van der Waals surface area contributed by atoms with Crippen LogP contribution in [0, 0.1) is 0 Å². The summed E-state index contributed by atoms with van der Waals surface area (Å²) < 4.78 is 28.2. The fourth-order valence-electron chi connectivity index (χ4n) is 2.86. The lowest BCUT2D eigenvalue weighted by atomic mass is 10.0. The van der Waals surface area contributed by atoms with E-state index in [1.165, 1.54) is 0 Å². The minimum absolute atomic E-state index is 0.0789. The van der Waals surface area contributed by atoms with Crippen molar-refractivity contribution in [3.8, 4) is 0 Å². The normalized spacial score (nSPS) is 20.5. The molecular weight excluding hydrogens is 376 g/mol. The molecule has 0 bridgehead atoms. The highest BCUT2D eigenvalue weighted by Crippen LogP contribution is 2.28. The van der Waals surface area contributed by atoms with Gasteiger partial charge in [-0.3, -0.25) is 4.90 Å². The van der Waals surface area contributed by atoms with Crippen molar-refractivity contribution in [2.45, 2.75) is 10.9 Å². The van der Waals surface area contributed by atoms with E-state index < -0.39 is 10.0 Å². The highest BCUT2D eigenvalue weighted by molar-refractivity contribution is 9.10. The summed E-state index contributed by atoms with van der Waals surface area (Å²) in [6.07, 6.45) is 0. The van der Waals surface area contributed by atoms with E-state index in [1.807, 2.05) is 25.2 Å². The molecule has 1 atom stereocenters. The highest BCUT2D eigenvalue weighted by atomic mass is 79.9. The molecule has 0 N–H and O–H groups in total. The van der Waals surface area contributed by atoms with Gasteiger partial charge in [-0.15, -0.1) is 0 Å². The molecule has 0 amide bonds. The molecule has 0 spiro atoms. The zero-order valence-corrected chi connectivity index (χ0v) is 15.3. The lowest BCUT2D eigenvalue weighted by Crippen LogP contribution is -2.48. The van der Waals surface area contributed by atoms with E-state index in [2.05, 4.69) is 33.0 Å². The number of hydrogen-bond donors (Lipinski definition) is 0. The molecule has 1 unspecified atom stereocenters. The van der Waals surface area contributed by atoms with Gasteiger partial charge >= 0.3 is 0 Å². The van der Waals surface area contributed by atoms with Gasteiger partial charge in [-0.1, -0.05) is 46.3 Å². The maximum atomic E-state index is 12.9. The first kappa shape index (κ1) is 16.6. The Balaban J connectivity index is 1.87. The van der Waals surface area contributed by atoms with Crippen LogP contribution >= 0.6 is 15.9 Å². The number of benzene rings is 2. The molecule has 1 aliphatic rings. The predicted molar refractivity (Wildman–Crippen MR) is 94.7 cm³/mol. The van der Waals surface area contributed by atoms with Gasteiger partial charge in [-0.2, -0.15) is 4.31 Å². The Bertz CT molecular complexity index is 763. The molecule has 122 valence electrons. The van der Waals surface area contributed by atoms with Crippen molar-refractivity contribution < 1.29 is 8.42 Å². The van der Waals surface area contributed by atoms with Crippen LogP contribution in [0.5, 0.6) is 0 Å². The molecule has 1 fully saturated rings. The van der Waals surface area contributed by atoms with E-state index in [9.17, 15) is 8.42 Å². The van der Waals surface area contributed by atoms with Crippen LogP contribution in [0.3, 0.4) is 0 Å². The lowest BCUT2D eigenvalue weighted by molar-refractivity contribution is 0.148. The van der Waals surface area contributed by atoms with Crippen molar-refractivity contribution in [3.05, 3.63) is 64.6 Å². The van der Waals surface area contributed by atoms with Crippen LogP contribution in [0.15, 0.2) is 64.0 Å². The number of piperazine rings is 1. The molecule has 1 aliphatic heterocycles. The second kappa shape index (κ2) is 6.73.